The molecule has 1 aliphatic rings. The van der Waals surface area contributed by atoms with Crippen molar-refractivity contribution in [3.05, 3.63) is 48.0 Å². The van der Waals surface area contributed by atoms with E-state index in [0.717, 1.165) is 5.56 Å². The predicted octanol–water partition coefficient (Wildman–Crippen LogP) is 4.15. The van der Waals surface area contributed by atoms with Crippen molar-refractivity contribution in [1.82, 2.24) is 0 Å². The molecule has 1 fully saturated rings. The molecule has 2 aromatic carbocycles. The number of hydrogen-bond donors (Lipinski definition) is 0. The molecule has 1 atom stereocenters. The SMILES string of the molecule is C=C1C(=O)N(c2cc(OC)c(OC)c(OC)c2)[C@H]1c1ccc(OC)c(OC(C)C)c1. The number of β-lactam (4-membered cyclic amide) rings is 1. The summed E-state index contributed by atoms with van der Waals surface area (Å²) in [4.78, 5) is 14.4. The van der Waals surface area contributed by atoms with Crippen LogP contribution in [0.25, 0.3) is 0 Å². The van der Waals surface area contributed by atoms with E-state index in [9.17, 15) is 4.79 Å². The van der Waals surface area contributed by atoms with Crippen LogP contribution >= 0.6 is 0 Å². The molecule has 0 spiro atoms. The van der Waals surface area contributed by atoms with Gasteiger partial charge in [0.25, 0.3) is 5.91 Å². The lowest BCUT2D eigenvalue weighted by Crippen LogP contribution is -2.48. The molecule has 0 bridgehead atoms. The van der Waals surface area contributed by atoms with Crippen LogP contribution in [0.2, 0.25) is 0 Å². The fraction of sp³-hybridized carbons (Fsp3) is 0.348. The monoisotopic (exact) mass is 413 g/mol. The number of nitrogens with zero attached hydrogens (tertiary/aromatic N) is 1. The fourth-order valence-corrected chi connectivity index (χ4v) is 3.51. The molecule has 0 saturated carbocycles. The van der Waals surface area contributed by atoms with Gasteiger partial charge in [0.2, 0.25) is 5.75 Å². The first-order valence-corrected chi connectivity index (χ1v) is 9.53. The van der Waals surface area contributed by atoms with E-state index in [2.05, 4.69) is 6.58 Å². The molecule has 0 N–H and O–H groups in total. The highest BCUT2D eigenvalue weighted by Gasteiger charge is 2.43. The Hall–Kier alpha value is -3.35. The maximum Gasteiger partial charge on any atom is 0.256 e. The molecule has 1 saturated heterocycles. The minimum absolute atomic E-state index is 0.0217. The quantitative estimate of drug-likeness (QED) is 0.478. The van der Waals surface area contributed by atoms with Crippen LogP contribution < -0.4 is 28.6 Å². The zero-order valence-corrected chi connectivity index (χ0v) is 18.1. The van der Waals surface area contributed by atoms with Crippen molar-refractivity contribution in [2.75, 3.05) is 33.3 Å². The van der Waals surface area contributed by atoms with Gasteiger partial charge in [-0.15, -0.1) is 0 Å². The summed E-state index contributed by atoms with van der Waals surface area (Å²) < 4.78 is 27.5. The molecule has 160 valence electrons. The molecule has 2 aromatic rings. The molecular weight excluding hydrogens is 386 g/mol. The van der Waals surface area contributed by atoms with Crippen LogP contribution in [0.5, 0.6) is 28.7 Å². The summed E-state index contributed by atoms with van der Waals surface area (Å²) in [6, 6.07) is 8.75. The molecule has 7 heteroatoms. The van der Waals surface area contributed by atoms with E-state index in [-0.39, 0.29) is 18.1 Å². The van der Waals surface area contributed by atoms with Crippen molar-refractivity contribution < 1.29 is 28.5 Å². The van der Waals surface area contributed by atoms with E-state index in [1.165, 1.54) is 21.3 Å². The minimum atomic E-state index is -0.347. The van der Waals surface area contributed by atoms with Crippen LogP contribution in [-0.4, -0.2) is 40.5 Å². The van der Waals surface area contributed by atoms with Gasteiger partial charge in [-0.05, 0) is 31.5 Å². The van der Waals surface area contributed by atoms with E-state index < -0.39 is 0 Å². The second-order valence-corrected chi connectivity index (χ2v) is 7.06. The summed E-state index contributed by atoms with van der Waals surface area (Å²) in [7, 11) is 6.20. The van der Waals surface area contributed by atoms with Crippen molar-refractivity contribution in [1.29, 1.82) is 0 Å². The van der Waals surface area contributed by atoms with Gasteiger partial charge < -0.3 is 23.7 Å². The number of hydrogen-bond acceptors (Lipinski definition) is 6. The zero-order valence-electron chi connectivity index (χ0n) is 18.1. The Morgan fingerprint density at radius 3 is 1.97 bits per heavy atom. The van der Waals surface area contributed by atoms with Crippen molar-refractivity contribution >= 4 is 11.6 Å². The molecule has 0 aromatic heterocycles. The van der Waals surface area contributed by atoms with Gasteiger partial charge in [0.05, 0.1) is 46.3 Å². The fourth-order valence-electron chi connectivity index (χ4n) is 3.51. The molecule has 1 aliphatic heterocycles. The van der Waals surface area contributed by atoms with Crippen molar-refractivity contribution in [2.24, 2.45) is 0 Å². The molecule has 0 unspecified atom stereocenters. The number of carbonyl (C=O) groups excluding carboxylic acids is 1. The third kappa shape index (κ3) is 3.63. The van der Waals surface area contributed by atoms with Crippen LogP contribution in [0, 0.1) is 0 Å². The standard InChI is InChI=1S/C23H27NO6/c1-13(2)30-18-10-15(8-9-17(18)26-4)21-14(3)23(25)24(21)16-11-19(27-5)22(29-7)20(12-16)28-6/h8-13,21H,3H2,1-2,4-7H3/t21-/m1/s1. The van der Waals surface area contributed by atoms with Gasteiger partial charge in [0.15, 0.2) is 23.0 Å². The molecule has 0 aliphatic carbocycles. The maximum absolute atomic E-state index is 12.7. The van der Waals surface area contributed by atoms with E-state index >= 15 is 0 Å². The number of ether oxygens (including phenoxy) is 5. The van der Waals surface area contributed by atoms with E-state index in [4.69, 9.17) is 23.7 Å². The lowest BCUT2D eigenvalue weighted by atomic mass is 9.88. The number of amides is 1. The Labute approximate surface area is 176 Å². The van der Waals surface area contributed by atoms with Crippen molar-refractivity contribution in [3.8, 4) is 28.7 Å². The zero-order chi connectivity index (χ0) is 22.0. The Morgan fingerprint density at radius 1 is 0.867 bits per heavy atom. The highest BCUT2D eigenvalue weighted by molar-refractivity contribution is 6.15. The predicted molar refractivity (Wildman–Crippen MR) is 114 cm³/mol. The summed E-state index contributed by atoms with van der Waals surface area (Å²) in [5.41, 5.74) is 1.98. The number of rotatable bonds is 8. The first kappa shape index (κ1) is 21.4. The average molecular weight is 413 g/mol. The minimum Gasteiger partial charge on any atom is -0.493 e. The van der Waals surface area contributed by atoms with E-state index in [1.807, 2.05) is 32.0 Å². The van der Waals surface area contributed by atoms with Crippen LogP contribution in [0.4, 0.5) is 5.69 Å². The van der Waals surface area contributed by atoms with Gasteiger partial charge in [-0.1, -0.05) is 12.6 Å². The number of benzene rings is 2. The third-order valence-corrected chi connectivity index (χ3v) is 4.88. The highest BCUT2D eigenvalue weighted by atomic mass is 16.5. The van der Waals surface area contributed by atoms with Gasteiger partial charge in [0, 0.05) is 17.7 Å². The lowest BCUT2D eigenvalue weighted by Gasteiger charge is -2.43. The van der Waals surface area contributed by atoms with Crippen molar-refractivity contribution in [3.63, 3.8) is 0 Å². The first-order valence-electron chi connectivity index (χ1n) is 9.53. The average Bonchev–Trinajstić information content (AvgIpc) is 2.75. The summed E-state index contributed by atoms with van der Waals surface area (Å²) in [5, 5.41) is 0. The summed E-state index contributed by atoms with van der Waals surface area (Å²) >= 11 is 0. The van der Waals surface area contributed by atoms with Gasteiger partial charge >= 0.3 is 0 Å². The molecular formula is C23H27NO6. The maximum atomic E-state index is 12.7. The second kappa shape index (κ2) is 8.57. The molecule has 30 heavy (non-hydrogen) atoms. The number of anilines is 1. The number of carbonyl (C=O) groups is 1. The lowest BCUT2D eigenvalue weighted by molar-refractivity contribution is -0.119. The Kier molecular flexibility index (Phi) is 6.10. The topological polar surface area (TPSA) is 66.5 Å². The van der Waals surface area contributed by atoms with Crippen LogP contribution in [-0.2, 0) is 4.79 Å². The largest absolute Gasteiger partial charge is 0.493 e. The molecule has 1 amide bonds. The first-order chi connectivity index (χ1) is 14.4. The normalized spacial score (nSPS) is 15.7. The molecule has 3 rings (SSSR count). The summed E-state index contributed by atoms with van der Waals surface area (Å²) in [6.07, 6.45) is -0.0217. The smallest absolute Gasteiger partial charge is 0.256 e. The van der Waals surface area contributed by atoms with Crippen LogP contribution in [0.15, 0.2) is 42.5 Å². The highest BCUT2D eigenvalue weighted by Crippen LogP contribution is 2.48. The van der Waals surface area contributed by atoms with Crippen LogP contribution in [0.3, 0.4) is 0 Å². The molecule has 7 nitrogen and oxygen atoms in total. The summed E-state index contributed by atoms with van der Waals surface area (Å²) in [5.74, 6) is 2.47. The Balaban J connectivity index is 2.05. The third-order valence-electron chi connectivity index (χ3n) is 4.88. The number of methoxy groups -OCH3 is 4. The summed E-state index contributed by atoms with van der Waals surface area (Å²) in [6.45, 7) is 7.87. The van der Waals surface area contributed by atoms with Gasteiger partial charge in [-0.3, -0.25) is 9.69 Å². The van der Waals surface area contributed by atoms with E-state index in [1.54, 1.807) is 24.1 Å². The Morgan fingerprint density at radius 2 is 1.47 bits per heavy atom. The van der Waals surface area contributed by atoms with Gasteiger partial charge in [-0.25, -0.2) is 0 Å². The van der Waals surface area contributed by atoms with E-state index in [0.29, 0.717) is 40.0 Å². The Bertz CT molecular complexity index is 943. The molecule has 1 heterocycles. The van der Waals surface area contributed by atoms with Crippen molar-refractivity contribution in [2.45, 2.75) is 26.0 Å². The molecule has 0 radical (unpaired) electrons. The van der Waals surface area contributed by atoms with Gasteiger partial charge in [0.1, 0.15) is 0 Å². The van der Waals surface area contributed by atoms with Gasteiger partial charge in [-0.2, -0.15) is 0 Å². The second-order valence-electron chi connectivity index (χ2n) is 7.06. The van der Waals surface area contributed by atoms with Crippen LogP contribution in [0.1, 0.15) is 25.5 Å².